The summed E-state index contributed by atoms with van der Waals surface area (Å²) in [6.07, 6.45) is 0. The van der Waals surface area contributed by atoms with Crippen molar-refractivity contribution in [1.29, 1.82) is 0 Å². The van der Waals surface area contributed by atoms with E-state index < -0.39 is 0 Å². The van der Waals surface area contributed by atoms with Gasteiger partial charge < -0.3 is 18.4 Å². The third-order valence-electron chi connectivity index (χ3n) is 9.21. The molecule has 0 aliphatic heterocycles. The number of hydrogen-bond acceptors (Lipinski definition) is 4. The molecular weight excluding hydrogens is 568 g/mol. The number of phenolic OH excluding ortho intramolecular Hbond substituents is 1. The smallest absolute Gasteiger partial charge is 0.143 e. The molecule has 3 aromatic heterocycles. The lowest BCUT2D eigenvalue weighted by Crippen LogP contribution is -1.89. The van der Waals surface area contributed by atoms with Gasteiger partial charge in [0.1, 0.15) is 39.2 Å². The number of phenols is 1. The first kappa shape index (κ1) is 25.1. The summed E-state index contributed by atoms with van der Waals surface area (Å²) in [6.45, 7) is 0. The summed E-state index contributed by atoms with van der Waals surface area (Å²) in [4.78, 5) is 0. The van der Waals surface area contributed by atoms with E-state index in [2.05, 4.69) is 48.5 Å². The summed E-state index contributed by atoms with van der Waals surface area (Å²) < 4.78 is 19.4. The van der Waals surface area contributed by atoms with Gasteiger partial charge in [0, 0.05) is 60.1 Å². The minimum Gasteiger partial charge on any atom is -0.507 e. The van der Waals surface area contributed by atoms with Crippen molar-refractivity contribution >= 4 is 65.8 Å². The van der Waals surface area contributed by atoms with Gasteiger partial charge >= 0.3 is 0 Å². The van der Waals surface area contributed by atoms with Crippen LogP contribution in [0.15, 0.2) is 153 Å². The minimum absolute atomic E-state index is 0.154. The van der Waals surface area contributed by atoms with Crippen LogP contribution in [0.5, 0.6) is 5.75 Å². The van der Waals surface area contributed by atoms with E-state index in [1.807, 2.05) is 91.0 Å². The van der Waals surface area contributed by atoms with Gasteiger partial charge in [0.2, 0.25) is 0 Å². The molecule has 0 saturated heterocycles. The molecule has 3 heterocycles. The third-order valence-corrected chi connectivity index (χ3v) is 9.21. The van der Waals surface area contributed by atoms with Gasteiger partial charge in [0.25, 0.3) is 0 Å². The Kier molecular flexibility index (Phi) is 5.11. The van der Waals surface area contributed by atoms with Gasteiger partial charge in [-0.3, -0.25) is 0 Å². The zero-order chi connectivity index (χ0) is 30.4. The molecule has 0 saturated carbocycles. The van der Waals surface area contributed by atoms with Crippen molar-refractivity contribution in [2.45, 2.75) is 0 Å². The highest BCUT2D eigenvalue weighted by atomic mass is 16.3. The van der Waals surface area contributed by atoms with Gasteiger partial charge in [-0.15, -0.1) is 0 Å². The maximum Gasteiger partial charge on any atom is 0.143 e. The van der Waals surface area contributed by atoms with Gasteiger partial charge in [-0.1, -0.05) is 109 Å². The zero-order valence-electron chi connectivity index (χ0n) is 24.5. The second kappa shape index (κ2) is 9.37. The first-order valence-corrected chi connectivity index (χ1v) is 15.3. The molecule has 0 amide bonds. The second-order valence-corrected chi connectivity index (χ2v) is 11.8. The third kappa shape index (κ3) is 3.49. The van der Waals surface area contributed by atoms with E-state index in [0.29, 0.717) is 11.1 Å². The predicted molar refractivity (Wildman–Crippen MR) is 186 cm³/mol. The molecule has 0 bridgehead atoms. The Morgan fingerprint density at radius 3 is 1.11 bits per heavy atom. The van der Waals surface area contributed by atoms with E-state index in [-0.39, 0.29) is 5.75 Å². The molecule has 0 atom stereocenters. The van der Waals surface area contributed by atoms with E-state index in [1.165, 1.54) is 0 Å². The largest absolute Gasteiger partial charge is 0.507 e. The number of benzene rings is 7. The standard InChI is InChI=1S/C42H24O4/c43-39-34(32-17-8-15-30-27-11-2-5-20-37(27)45-41(30)32)22-24(25-13-7-14-29-26-10-1-4-19-36(26)44-40(25)29)23-35(39)33-18-9-16-31-28-12-3-6-21-38(28)46-42(31)33/h1-23,43H. The van der Waals surface area contributed by atoms with Gasteiger partial charge in [-0.05, 0) is 35.9 Å². The van der Waals surface area contributed by atoms with Crippen molar-refractivity contribution in [3.8, 4) is 39.1 Å². The molecule has 0 aliphatic carbocycles. The predicted octanol–water partition coefficient (Wildman–Crippen LogP) is 12.1. The van der Waals surface area contributed by atoms with Crippen molar-refractivity contribution in [3.63, 3.8) is 0 Å². The quantitative estimate of drug-likeness (QED) is 0.222. The molecule has 0 radical (unpaired) electrons. The van der Waals surface area contributed by atoms with E-state index in [1.54, 1.807) is 0 Å². The molecule has 0 aliphatic rings. The van der Waals surface area contributed by atoms with E-state index in [9.17, 15) is 5.11 Å². The van der Waals surface area contributed by atoms with Gasteiger partial charge in [0.05, 0.1) is 0 Å². The number of fused-ring (bicyclic) bond motifs is 9. The Balaban J connectivity index is 1.32. The molecule has 1 N–H and O–H groups in total. The summed E-state index contributed by atoms with van der Waals surface area (Å²) in [5, 5.41) is 18.4. The van der Waals surface area contributed by atoms with Crippen LogP contribution in [-0.4, -0.2) is 5.11 Å². The Labute approximate surface area is 262 Å². The first-order valence-electron chi connectivity index (χ1n) is 15.3. The van der Waals surface area contributed by atoms with Crippen molar-refractivity contribution in [1.82, 2.24) is 0 Å². The normalized spacial score (nSPS) is 12.0. The molecule has 4 nitrogen and oxygen atoms in total. The van der Waals surface area contributed by atoms with Crippen LogP contribution in [0.4, 0.5) is 0 Å². The highest BCUT2D eigenvalue weighted by Gasteiger charge is 2.23. The van der Waals surface area contributed by atoms with Gasteiger partial charge in [-0.2, -0.15) is 0 Å². The fourth-order valence-electron chi connectivity index (χ4n) is 7.09. The van der Waals surface area contributed by atoms with Gasteiger partial charge in [0.15, 0.2) is 0 Å². The summed E-state index contributed by atoms with van der Waals surface area (Å²) in [7, 11) is 0. The average Bonchev–Trinajstić information content (AvgIpc) is 3.80. The van der Waals surface area contributed by atoms with Crippen molar-refractivity contribution in [2.24, 2.45) is 0 Å². The fourth-order valence-corrected chi connectivity index (χ4v) is 7.09. The van der Waals surface area contributed by atoms with Crippen LogP contribution in [0.25, 0.3) is 99.2 Å². The number of rotatable bonds is 3. The molecule has 10 aromatic rings. The lowest BCUT2D eigenvalue weighted by molar-refractivity contribution is 0.479. The van der Waals surface area contributed by atoms with Crippen LogP contribution in [0.3, 0.4) is 0 Å². The summed E-state index contributed by atoms with van der Waals surface area (Å²) in [5.74, 6) is 0.154. The number of para-hydroxylation sites is 6. The number of aromatic hydroxyl groups is 1. The van der Waals surface area contributed by atoms with Gasteiger partial charge in [-0.25, -0.2) is 0 Å². The van der Waals surface area contributed by atoms with Crippen molar-refractivity contribution < 1.29 is 18.4 Å². The summed E-state index contributed by atoms with van der Waals surface area (Å²) >= 11 is 0. The molecule has 46 heavy (non-hydrogen) atoms. The number of furan rings is 3. The Hall–Kier alpha value is -6.26. The monoisotopic (exact) mass is 592 g/mol. The highest BCUT2D eigenvalue weighted by Crippen LogP contribution is 2.48. The van der Waals surface area contributed by atoms with Crippen molar-refractivity contribution in [2.75, 3.05) is 0 Å². The lowest BCUT2D eigenvalue weighted by atomic mass is 9.90. The van der Waals surface area contributed by atoms with Crippen LogP contribution >= 0.6 is 0 Å². The minimum atomic E-state index is 0.154. The fraction of sp³-hybridized carbons (Fsp3) is 0. The van der Waals surface area contributed by atoms with E-state index in [0.717, 1.165) is 88.1 Å². The average molecular weight is 593 g/mol. The van der Waals surface area contributed by atoms with Crippen LogP contribution in [0, 0.1) is 0 Å². The zero-order valence-corrected chi connectivity index (χ0v) is 24.5. The maximum atomic E-state index is 12.3. The van der Waals surface area contributed by atoms with Crippen LogP contribution in [-0.2, 0) is 0 Å². The van der Waals surface area contributed by atoms with Crippen LogP contribution < -0.4 is 0 Å². The molecule has 10 rings (SSSR count). The Bertz CT molecular complexity index is 2690. The Morgan fingerprint density at radius 1 is 0.326 bits per heavy atom. The summed E-state index contributed by atoms with van der Waals surface area (Å²) in [5.41, 5.74) is 9.50. The second-order valence-electron chi connectivity index (χ2n) is 11.8. The number of hydrogen-bond donors (Lipinski definition) is 1. The van der Waals surface area contributed by atoms with Crippen LogP contribution in [0.1, 0.15) is 0 Å². The molecular formula is C42H24O4. The molecule has 216 valence electrons. The van der Waals surface area contributed by atoms with E-state index >= 15 is 0 Å². The molecule has 0 unspecified atom stereocenters. The maximum absolute atomic E-state index is 12.3. The Morgan fingerprint density at radius 2 is 0.674 bits per heavy atom. The van der Waals surface area contributed by atoms with E-state index in [4.69, 9.17) is 13.3 Å². The van der Waals surface area contributed by atoms with Crippen LogP contribution in [0.2, 0.25) is 0 Å². The molecule has 0 spiro atoms. The molecule has 4 heteroatoms. The highest BCUT2D eigenvalue weighted by molar-refractivity contribution is 6.14. The summed E-state index contributed by atoms with van der Waals surface area (Å²) in [6, 6.07) is 46.7. The molecule has 7 aromatic carbocycles. The molecule has 0 fully saturated rings. The lowest BCUT2D eigenvalue weighted by Gasteiger charge is -2.15. The topological polar surface area (TPSA) is 59.7 Å². The first-order chi connectivity index (χ1) is 22.7. The van der Waals surface area contributed by atoms with Crippen molar-refractivity contribution in [3.05, 3.63) is 140 Å². The SMILES string of the molecule is Oc1c(-c2cccc3c2oc2ccccc23)cc(-c2cccc3c2oc2ccccc23)cc1-c1cccc2c1oc1ccccc12.